The Morgan fingerprint density at radius 1 is 0.919 bits per heavy atom. The molecule has 0 spiro atoms. The Balaban J connectivity index is 1.40. The number of hydrogen-bond acceptors (Lipinski definition) is 6. The third-order valence-electron chi connectivity index (χ3n) is 7.39. The zero-order chi connectivity index (χ0) is 25.8. The van der Waals surface area contributed by atoms with Crippen molar-refractivity contribution in [2.24, 2.45) is 0 Å². The summed E-state index contributed by atoms with van der Waals surface area (Å²) in [5.74, 6) is 0.812. The van der Waals surface area contributed by atoms with E-state index in [0.29, 0.717) is 31.6 Å². The van der Waals surface area contributed by atoms with E-state index in [1.165, 1.54) is 25.0 Å². The molecule has 1 aliphatic carbocycles. The van der Waals surface area contributed by atoms with Crippen molar-refractivity contribution in [2.45, 2.75) is 44.2 Å². The van der Waals surface area contributed by atoms with Gasteiger partial charge in [0.1, 0.15) is 0 Å². The molecule has 1 unspecified atom stereocenters. The molecule has 2 N–H and O–H groups in total. The monoisotopic (exact) mass is 502 g/mol. The molecule has 2 aliphatic rings. The van der Waals surface area contributed by atoms with Crippen LogP contribution in [0.5, 0.6) is 23.0 Å². The van der Waals surface area contributed by atoms with Gasteiger partial charge in [0.2, 0.25) is 0 Å². The van der Waals surface area contributed by atoms with Gasteiger partial charge >= 0.3 is 0 Å². The van der Waals surface area contributed by atoms with Crippen LogP contribution in [0.3, 0.4) is 0 Å². The van der Waals surface area contributed by atoms with Gasteiger partial charge in [-0.05, 0) is 68.0 Å². The van der Waals surface area contributed by atoms with Crippen molar-refractivity contribution in [3.63, 3.8) is 0 Å². The molecule has 0 radical (unpaired) electrons. The first-order valence-electron chi connectivity index (χ1n) is 13.0. The Hall–Kier alpha value is -3.87. The molecule has 1 saturated heterocycles. The number of anilines is 1. The molecular formula is C30H34N2O5. The molecule has 1 atom stereocenters. The second-order valence-electron chi connectivity index (χ2n) is 9.85. The van der Waals surface area contributed by atoms with Crippen LogP contribution >= 0.6 is 0 Å². The average Bonchev–Trinajstić information content (AvgIpc) is 3.43. The normalized spacial score (nSPS) is 18.1. The van der Waals surface area contributed by atoms with Gasteiger partial charge in [-0.25, -0.2) is 0 Å². The lowest BCUT2D eigenvalue weighted by Crippen LogP contribution is -2.56. The molecule has 7 nitrogen and oxygen atoms in total. The van der Waals surface area contributed by atoms with Crippen LogP contribution in [0.2, 0.25) is 0 Å². The highest BCUT2D eigenvalue weighted by molar-refractivity contribution is 5.95. The molecule has 1 saturated carbocycles. The topological polar surface area (TPSA) is 82.5 Å². The number of carbonyl (C=O) groups excluding carboxylic acids is 1. The number of phenolic OH excluding ortho intramolecular Hbond substituents is 2. The molecule has 1 heterocycles. The van der Waals surface area contributed by atoms with Crippen LogP contribution < -0.4 is 14.4 Å². The molecule has 194 valence electrons. The van der Waals surface area contributed by atoms with Gasteiger partial charge in [-0.3, -0.25) is 4.79 Å². The molecule has 0 bridgehead atoms. The van der Waals surface area contributed by atoms with E-state index in [9.17, 15) is 15.0 Å². The third kappa shape index (κ3) is 5.61. The third-order valence-corrected chi connectivity index (χ3v) is 7.39. The lowest BCUT2D eigenvalue weighted by molar-refractivity contribution is 0.0655. The summed E-state index contributed by atoms with van der Waals surface area (Å²) in [6.45, 7) is 1.85. The summed E-state index contributed by atoms with van der Waals surface area (Å²) >= 11 is 0. The summed E-state index contributed by atoms with van der Waals surface area (Å²) in [5, 5.41) is 19.7. The van der Waals surface area contributed by atoms with Crippen molar-refractivity contribution >= 4 is 11.6 Å². The summed E-state index contributed by atoms with van der Waals surface area (Å²) in [7, 11) is 1.66. The fourth-order valence-corrected chi connectivity index (χ4v) is 5.38. The van der Waals surface area contributed by atoms with Gasteiger partial charge in [-0.1, -0.05) is 30.3 Å². The van der Waals surface area contributed by atoms with Crippen LogP contribution in [0.4, 0.5) is 5.69 Å². The summed E-state index contributed by atoms with van der Waals surface area (Å²) in [5.41, 5.74) is 2.56. The van der Waals surface area contributed by atoms with Gasteiger partial charge in [-0.15, -0.1) is 0 Å². The molecule has 3 aromatic carbocycles. The number of nitrogens with zero attached hydrogens (tertiary/aromatic N) is 2. The Morgan fingerprint density at radius 2 is 1.70 bits per heavy atom. The summed E-state index contributed by atoms with van der Waals surface area (Å²) < 4.78 is 11.9. The molecular weight excluding hydrogens is 468 g/mol. The van der Waals surface area contributed by atoms with E-state index in [0.717, 1.165) is 35.6 Å². The van der Waals surface area contributed by atoms with Crippen molar-refractivity contribution < 1.29 is 24.5 Å². The van der Waals surface area contributed by atoms with Gasteiger partial charge in [0.05, 0.1) is 19.3 Å². The highest BCUT2D eigenvalue weighted by Crippen LogP contribution is 2.36. The van der Waals surface area contributed by atoms with Crippen LogP contribution in [-0.2, 0) is 6.42 Å². The minimum atomic E-state index is -0.294. The Morgan fingerprint density at radius 3 is 2.43 bits per heavy atom. The van der Waals surface area contributed by atoms with E-state index in [2.05, 4.69) is 29.2 Å². The lowest BCUT2D eigenvalue weighted by atomic mass is 10.00. The SMILES string of the molecule is COc1ccc(N2CCN(C(=O)c3ccc(O)c(O)c3)C(Cc3ccccc3)C2)cc1OC1CCCC1. The van der Waals surface area contributed by atoms with Crippen LogP contribution in [0, 0.1) is 0 Å². The number of rotatable bonds is 7. The first-order valence-corrected chi connectivity index (χ1v) is 13.0. The standard InChI is InChI=1S/C30H34N2O5/c1-36-28-14-12-23(19-29(28)37-25-9-5-6-10-25)31-15-16-32(24(20-31)17-21-7-3-2-4-8-21)30(35)22-11-13-26(33)27(34)18-22/h2-4,7-8,11-14,18-19,24-25,33-34H,5-6,9-10,15-17,20H2,1H3. The Labute approximate surface area is 217 Å². The minimum Gasteiger partial charge on any atom is -0.504 e. The number of benzene rings is 3. The number of carbonyl (C=O) groups is 1. The van der Waals surface area contributed by atoms with E-state index in [4.69, 9.17) is 9.47 Å². The average molecular weight is 503 g/mol. The fourth-order valence-electron chi connectivity index (χ4n) is 5.38. The Kier molecular flexibility index (Phi) is 7.40. The van der Waals surface area contributed by atoms with E-state index in [-0.39, 0.29) is 29.6 Å². The molecule has 7 heteroatoms. The summed E-state index contributed by atoms with van der Waals surface area (Å²) in [6.07, 6.45) is 5.46. The smallest absolute Gasteiger partial charge is 0.254 e. The molecule has 1 amide bonds. The number of aromatic hydroxyl groups is 2. The van der Waals surface area contributed by atoms with Gasteiger partial charge < -0.3 is 29.5 Å². The molecule has 5 rings (SSSR count). The molecule has 0 aromatic heterocycles. The second-order valence-corrected chi connectivity index (χ2v) is 9.85. The number of piperazine rings is 1. The predicted octanol–water partition coefficient (Wildman–Crippen LogP) is 5.00. The maximum absolute atomic E-state index is 13.5. The number of phenols is 2. The van der Waals surface area contributed by atoms with Crippen molar-refractivity contribution in [3.8, 4) is 23.0 Å². The zero-order valence-electron chi connectivity index (χ0n) is 21.2. The summed E-state index contributed by atoms with van der Waals surface area (Å²) in [6, 6.07) is 20.4. The Bertz CT molecular complexity index is 1230. The molecule has 37 heavy (non-hydrogen) atoms. The first-order chi connectivity index (χ1) is 18.0. The van der Waals surface area contributed by atoms with Gasteiger partial charge in [0, 0.05) is 37.0 Å². The lowest BCUT2D eigenvalue weighted by Gasteiger charge is -2.43. The van der Waals surface area contributed by atoms with Crippen LogP contribution in [0.1, 0.15) is 41.6 Å². The minimum absolute atomic E-state index is 0.0825. The maximum Gasteiger partial charge on any atom is 0.254 e. The van der Waals surface area contributed by atoms with Gasteiger partial charge in [0.15, 0.2) is 23.0 Å². The maximum atomic E-state index is 13.5. The van der Waals surface area contributed by atoms with E-state index in [1.54, 1.807) is 13.2 Å². The van der Waals surface area contributed by atoms with Crippen molar-refractivity contribution in [3.05, 3.63) is 77.9 Å². The summed E-state index contributed by atoms with van der Waals surface area (Å²) in [4.78, 5) is 17.7. The quantitative estimate of drug-likeness (QED) is 0.443. The zero-order valence-corrected chi connectivity index (χ0v) is 21.2. The highest BCUT2D eigenvalue weighted by atomic mass is 16.5. The van der Waals surface area contributed by atoms with Crippen molar-refractivity contribution in [1.82, 2.24) is 4.90 Å². The van der Waals surface area contributed by atoms with E-state index < -0.39 is 0 Å². The fraction of sp³-hybridized carbons (Fsp3) is 0.367. The molecule has 1 aliphatic heterocycles. The van der Waals surface area contributed by atoms with Gasteiger partial charge in [-0.2, -0.15) is 0 Å². The van der Waals surface area contributed by atoms with Crippen LogP contribution in [0.15, 0.2) is 66.7 Å². The predicted molar refractivity (Wildman–Crippen MR) is 143 cm³/mol. The number of ether oxygens (including phenoxy) is 2. The van der Waals surface area contributed by atoms with Gasteiger partial charge in [0.25, 0.3) is 5.91 Å². The first kappa shape index (κ1) is 24.8. The van der Waals surface area contributed by atoms with Crippen molar-refractivity contribution in [2.75, 3.05) is 31.6 Å². The number of methoxy groups -OCH3 is 1. The van der Waals surface area contributed by atoms with Crippen LogP contribution in [-0.4, -0.2) is 59.9 Å². The van der Waals surface area contributed by atoms with Crippen molar-refractivity contribution in [1.29, 1.82) is 0 Å². The highest BCUT2D eigenvalue weighted by Gasteiger charge is 2.32. The largest absolute Gasteiger partial charge is 0.504 e. The second kappa shape index (κ2) is 11.0. The van der Waals surface area contributed by atoms with E-state index >= 15 is 0 Å². The van der Waals surface area contributed by atoms with E-state index in [1.807, 2.05) is 29.2 Å². The number of amides is 1. The number of hydrogen-bond donors (Lipinski definition) is 2. The van der Waals surface area contributed by atoms with Crippen LogP contribution in [0.25, 0.3) is 0 Å². The molecule has 3 aromatic rings. The molecule has 2 fully saturated rings.